The van der Waals surface area contributed by atoms with Crippen molar-refractivity contribution in [1.29, 1.82) is 0 Å². The average Bonchev–Trinajstić information content (AvgIpc) is 2.18. The number of ether oxygens (including phenoxy) is 1. The van der Waals surface area contributed by atoms with Gasteiger partial charge in [-0.3, -0.25) is 11.3 Å². The topological polar surface area (TPSA) is 76.4 Å². The van der Waals surface area contributed by atoms with E-state index in [2.05, 4.69) is 10.7 Å². The van der Waals surface area contributed by atoms with Crippen LogP contribution >= 0.6 is 0 Å². The number of alkyl carbamates (subject to hydrolysis) is 1. The molecule has 0 bridgehead atoms. The highest BCUT2D eigenvalue weighted by Gasteiger charge is 2.24. The first-order valence-electron chi connectivity index (χ1n) is 6.33. The van der Waals surface area contributed by atoms with E-state index < -0.39 is 5.60 Å². The summed E-state index contributed by atoms with van der Waals surface area (Å²) in [5, 5.41) is 2.93. The van der Waals surface area contributed by atoms with E-state index in [-0.39, 0.29) is 12.1 Å². The number of hydrogen-bond donors (Lipinski definition) is 3. The molecule has 1 saturated carbocycles. The number of nitrogens with two attached hydrogens (primary N) is 1. The Morgan fingerprint density at radius 1 is 1.29 bits per heavy atom. The van der Waals surface area contributed by atoms with E-state index in [1.807, 2.05) is 20.8 Å². The van der Waals surface area contributed by atoms with Gasteiger partial charge in [0.15, 0.2) is 0 Å². The second-order valence-corrected chi connectivity index (χ2v) is 5.77. The lowest BCUT2D eigenvalue weighted by Crippen LogP contribution is -2.42. The maximum atomic E-state index is 11.6. The monoisotopic (exact) mass is 243 g/mol. The van der Waals surface area contributed by atoms with Crippen molar-refractivity contribution in [2.45, 2.75) is 58.1 Å². The third-order valence-electron chi connectivity index (χ3n) is 2.97. The predicted octanol–water partition coefficient (Wildman–Crippen LogP) is 1.53. The number of carbonyl (C=O) groups is 1. The number of carbonyl (C=O) groups excluding carboxylic acids is 1. The summed E-state index contributed by atoms with van der Waals surface area (Å²) in [7, 11) is 0. The first-order chi connectivity index (χ1) is 7.90. The Bertz CT molecular complexity index is 243. The Kier molecular flexibility index (Phi) is 5.21. The van der Waals surface area contributed by atoms with E-state index in [1.54, 1.807) is 0 Å². The minimum Gasteiger partial charge on any atom is -0.444 e. The largest absolute Gasteiger partial charge is 0.444 e. The molecule has 1 aliphatic carbocycles. The van der Waals surface area contributed by atoms with Gasteiger partial charge in [0.1, 0.15) is 5.60 Å². The Labute approximate surface area is 103 Å². The molecule has 1 fully saturated rings. The van der Waals surface area contributed by atoms with Gasteiger partial charge < -0.3 is 10.1 Å². The van der Waals surface area contributed by atoms with Crippen LogP contribution in [0.1, 0.15) is 46.5 Å². The highest BCUT2D eigenvalue weighted by atomic mass is 16.6. The maximum Gasteiger partial charge on any atom is 0.407 e. The molecule has 4 N–H and O–H groups in total. The molecule has 0 aromatic carbocycles. The van der Waals surface area contributed by atoms with Gasteiger partial charge >= 0.3 is 6.09 Å². The third-order valence-corrected chi connectivity index (χ3v) is 2.97. The van der Waals surface area contributed by atoms with Crippen LogP contribution in [-0.2, 0) is 4.74 Å². The van der Waals surface area contributed by atoms with Crippen LogP contribution in [0.3, 0.4) is 0 Å². The van der Waals surface area contributed by atoms with Gasteiger partial charge in [-0.2, -0.15) is 0 Å². The summed E-state index contributed by atoms with van der Waals surface area (Å²) in [4.78, 5) is 11.6. The van der Waals surface area contributed by atoms with E-state index in [9.17, 15) is 4.79 Å². The number of hydrogen-bond acceptors (Lipinski definition) is 4. The van der Waals surface area contributed by atoms with Gasteiger partial charge in [-0.05, 0) is 52.4 Å². The maximum absolute atomic E-state index is 11.6. The lowest BCUT2D eigenvalue weighted by Gasteiger charge is -2.29. The standard InChI is InChI=1S/C12H25N3O2/c1-12(2,3)17-11(16)15-10-6-4-9(5-7-10)8-14-13/h9-10,14H,4-8,13H2,1-3H3,(H,15,16). The van der Waals surface area contributed by atoms with Crippen molar-refractivity contribution >= 4 is 6.09 Å². The van der Waals surface area contributed by atoms with Crippen molar-refractivity contribution < 1.29 is 9.53 Å². The van der Waals surface area contributed by atoms with Crippen LogP contribution in [0.4, 0.5) is 4.79 Å². The molecule has 5 nitrogen and oxygen atoms in total. The Morgan fingerprint density at radius 2 is 1.88 bits per heavy atom. The molecule has 1 rings (SSSR count). The molecular formula is C12H25N3O2. The van der Waals surface area contributed by atoms with Crippen LogP contribution < -0.4 is 16.6 Å². The number of nitrogens with one attached hydrogen (secondary N) is 2. The minimum atomic E-state index is -0.426. The lowest BCUT2D eigenvalue weighted by molar-refractivity contribution is 0.0487. The molecule has 0 unspecified atom stereocenters. The SMILES string of the molecule is CC(C)(C)OC(=O)NC1CCC(CNN)CC1. The summed E-state index contributed by atoms with van der Waals surface area (Å²) in [5.41, 5.74) is 2.29. The zero-order chi connectivity index (χ0) is 12.9. The molecule has 0 aromatic rings. The number of amides is 1. The molecule has 1 aliphatic rings. The van der Waals surface area contributed by atoms with Crippen LogP contribution in [0, 0.1) is 5.92 Å². The van der Waals surface area contributed by atoms with Crippen molar-refractivity contribution in [3.8, 4) is 0 Å². The molecule has 1 amide bonds. The van der Waals surface area contributed by atoms with Crippen LogP contribution in [0.25, 0.3) is 0 Å². The molecule has 0 radical (unpaired) electrons. The zero-order valence-electron chi connectivity index (χ0n) is 11.1. The molecule has 0 heterocycles. The molecule has 5 heteroatoms. The fraction of sp³-hybridized carbons (Fsp3) is 0.917. The summed E-state index contributed by atoms with van der Waals surface area (Å²) in [6.45, 7) is 6.47. The summed E-state index contributed by atoms with van der Waals surface area (Å²) in [6.07, 6.45) is 3.91. The smallest absolute Gasteiger partial charge is 0.407 e. The van der Waals surface area contributed by atoms with E-state index in [0.717, 1.165) is 32.2 Å². The molecule has 0 saturated heterocycles. The fourth-order valence-corrected chi connectivity index (χ4v) is 2.15. The summed E-state index contributed by atoms with van der Waals surface area (Å²) in [6, 6.07) is 0.249. The second kappa shape index (κ2) is 6.21. The van der Waals surface area contributed by atoms with Gasteiger partial charge in [-0.1, -0.05) is 0 Å². The molecule has 0 aliphatic heterocycles. The average molecular weight is 243 g/mol. The third kappa shape index (κ3) is 5.89. The van der Waals surface area contributed by atoms with Crippen molar-refractivity contribution in [2.24, 2.45) is 11.8 Å². The van der Waals surface area contributed by atoms with E-state index in [4.69, 9.17) is 10.6 Å². The predicted molar refractivity (Wildman–Crippen MR) is 67.3 cm³/mol. The van der Waals surface area contributed by atoms with Crippen molar-refractivity contribution in [1.82, 2.24) is 10.7 Å². The van der Waals surface area contributed by atoms with Gasteiger partial charge in [0.05, 0.1) is 0 Å². The molecular weight excluding hydrogens is 218 g/mol. The highest BCUT2D eigenvalue weighted by molar-refractivity contribution is 5.68. The summed E-state index contributed by atoms with van der Waals surface area (Å²) in [5.74, 6) is 5.94. The van der Waals surface area contributed by atoms with Gasteiger partial charge in [-0.15, -0.1) is 0 Å². The fourth-order valence-electron chi connectivity index (χ4n) is 2.15. The van der Waals surface area contributed by atoms with Gasteiger partial charge in [0.25, 0.3) is 0 Å². The van der Waals surface area contributed by atoms with Crippen LogP contribution in [0.15, 0.2) is 0 Å². The Hall–Kier alpha value is -0.810. The first-order valence-corrected chi connectivity index (χ1v) is 6.33. The van der Waals surface area contributed by atoms with Crippen molar-refractivity contribution in [3.05, 3.63) is 0 Å². The minimum absolute atomic E-state index is 0.249. The Balaban J connectivity index is 2.24. The molecule has 0 spiro atoms. The number of rotatable bonds is 3. The van der Waals surface area contributed by atoms with E-state index >= 15 is 0 Å². The van der Waals surface area contributed by atoms with Crippen LogP contribution in [0.5, 0.6) is 0 Å². The summed E-state index contributed by atoms with van der Waals surface area (Å²) >= 11 is 0. The quantitative estimate of drug-likeness (QED) is 0.519. The normalized spacial score (nSPS) is 25.4. The molecule has 100 valence electrons. The van der Waals surface area contributed by atoms with E-state index in [1.165, 1.54) is 0 Å². The van der Waals surface area contributed by atoms with E-state index in [0.29, 0.717) is 5.92 Å². The van der Waals surface area contributed by atoms with Gasteiger partial charge in [0, 0.05) is 12.6 Å². The highest BCUT2D eigenvalue weighted by Crippen LogP contribution is 2.23. The number of hydrazine groups is 1. The summed E-state index contributed by atoms with van der Waals surface area (Å²) < 4.78 is 5.23. The lowest BCUT2D eigenvalue weighted by atomic mass is 9.86. The Morgan fingerprint density at radius 3 is 2.35 bits per heavy atom. The van der Waals surface area contributed by atoms with Crippen molar-refractivity contribution in [3.63, 3.8) is 0 Å². The molecule has 17 heavy (non-hydrogen) atoms. The molecule has 0 aromatic heterocycles. The van der Waals surface area contributed by atoms with Crippen LogP contribution in [0.2, 0.25) is 0 Å². The van der Waals surface area contributed by atoms with Crippen molar-refractivity contribution in [2.75, 3.05) is 6.54 Å². The zero-order valence-corrected chi connectivity index (χ0v) is 11.1. The second-order valence-electron chi connectivity index (χ2n) is 5.77. The van der Waals surface area contributed by atoms with Gasteiger partial charge in [0.2, 0.25) is 0 Å². The van der Waals surface area contributed by atoms with Crippen LogP contribution in [-0.4, -0.2) is 24.3 Å². The molecule has 0 atom stereocenters. The van der Waals surface area contributed by atoms with Gasteiger partial charge in [-0.25, -0.2) is 4.79 Å². The first kappa shape index (κ1) is 14.3.